The maximum atomic E-state index is 6.22. The monoisotopic (exact) mass is 278 g/mol. The molecular weight excluding hydrogens is 244 g/mol. The zero-order valence-electron chi connectivity index (χ0n) is 13.9. The van der Waals surface area contributed by atoms with Crippen molar-refractivity contribution in [1.29, 1.82) is 0 Å². The van der Waals surface area contributed by atoms with Gasteiger partial charge in [-0.25, -0.2) is 0 Å². The first-order chi connectivity index (χ1) is 9.46. The van der Waals surface area contributed by atoms with Crippen molar-refractivity contribution >= 4 is 0 Å². The summed E-state index contributed by atoms with van der Waals surface area (Å²) in [5, 5.41) is 0. The third-order valence-corrected chi connectivity index (χ3v) is 4.11. The minimum absolute atomic E-state index is 0.0367. The Morgan fingerprint density at radius 2 is 1.60 bits per heavy atom. The SMILES string of the molecule is C/C=C/CC/C=C/CC/C=C(\C)C(C)(C)C(N)CCN. The molecule has 0 aliphatic rings. The molecule has 1 atom stereocenters. The lowest BCUT2D eigenvalue weighted by molar-refractivity contribution is 0.333. The van der Waals surface area contributed by atoms with Crippen LogP contribution in [0.15, 0.2) is 36.0 Å². The number of unbranched alkanes of at least 4 members (excludes halogenated alkanes) is 2. The van der Waals surface area contributed by atoms with Gasteiger partial charge in [-0.05, 0) is 52.5 Å². The van der Waals surface area contributed by atoms with Crippen LogP contribution in [-0.4, -0.2) is 12.6 Å². The summed E-state index contributed by atoms with van der Waals surface area (Å²) in [6, 6.07) is 0.139. The second-order valence-electron chi connectivity index (χ2n) is 5.99. The Morgan fingerprint density at radius 1 is 1.05 bits per heavy atom. The number of rotatable bonds is 10. The van der Waals surface area contributed by atoms with Crippen molar-refractivity contribution < 1.29 is 0 Å². The van der Waals surface area contributed by atoms with Crippen LogP contribution in [0.3, 0.4) is 0 Å². The van der Waals surface area contributed by atoms with Crippen LogP contribution >= 0.6 is 0 Å². The summed E-state index contributed by atoms with van der Waals surface area (Å²) in [5.41, 5.74) is 13.2. The minimum atomic E-state index is 0.0367. The van der Waals surface area contributed by atoms with Gasteiger partial charge in [0, 0.05) is 11.5 Å². The Morgan fingerprint density at radius 3 is 2.15 bits per heavy atom. The second kappa shape index (κ2) is 10.9. The van der Waals surface area contributed by atoms with Crippen molar-refractivity contribution in [2.24, 2.45) is 16.9 Å². The molecule has 0 aliphatic heterocycles. The van der Waals surface area contributed by atoms with Gasteiger partial charge in [0.15, 0.2) is 0 Å². The molecule has 2 nitrogen and oxygen atoms in total. The molecule has 0 aromatic heterocycles. The van der Waals surface area contributed by atoms with E-state index < -0.39 is 0 Å². The summed E-state index contributed by atoms with van der Waals surface area (Å²) in [6.45, 7) is 9.34. The zero-order valence-corrected chi connectivity index (χ0v) is 13.9. The summed E-state index contributed by atoms with van der Waals surface area (Å²) in [5.74, 6) is 0. The van der Waals surface area contributed by atoms with Gasteiger partial charge >= 0.3 is 0 Å². The van der Waals surface area contributed by atoms with E-state index in [1.807, 2.05) is 0 Å². The minimum Gasteiger partial charge on any atom is -0.330 e. The van der Waals surface area contributed by atoms with Crippen LogP contribution in [0.2, 0.25) is 0 Å². The molecule has 0 aliphatic carbocycles. The molecule has 0 heterocycles. The summed E-state index contributed by atoms with van der Waals surface area (Å²) in [4.78, 5) is 0. The van der Waals surface area contributed by atoms with Gasteiger partial charge in [0.25, 0.3) is 0 Å². The lowest BCUT2D eigenvalue weighted by Gasteiger charge is -2.33. The Kier molecular flexibility index (Phi) is 10.4. The van der Waals surface area contributed by atoms with Crippen molar-refractivity contribution in [1.82, 2.24) is 0 Å². The fraction of sp³-hybridized carbons (Fsp3) is 0.667. The smallest absolute Gasteiger partial charge is 0.0140 e. The fourth-order valence-electron chi connectivity index (χ4n) is 2.09. The number of hydrogen-bond acceptors (Lipinski definition) is 2. The average molecular weight is 278 g/mol. The van der Waals surface area contributed by atoms with Crippen LogP contribution < -0.4 is 11.5 Å². The van der Waals surface area contributed by atoms with Gasteiger partial charge < -0.3 is 11.5 Å². The largest absolute Gasteiger partial charge is 0.330 e. The topological polar surface area (TPSA) is 52.0 Å². The molecule has 4 N–H and O–H groups in total. The van der Waals surface area contributed by atoms with Crippen LogP contribution in [0.4, 0.5) is 0 Å². The van der Waals surface area contributed by atoms with Crippen molar-refractivity contribution in [2.45, 2.75) is 65.8 Å². The highest BCUT2D eigenvalue weighted by atomic mass is 14.7. The first-order valence-corrected chi connectivity index (χ1v) is 7.85. The van der Waals surface area contributed by atoms with Gasteiger partial charge in [-0.1, -0.05) is 49.8 Å². The first-order valence-electron chi connectivity index (χ1n) is 7.85. The van der Waals surface area contributed by atoms with E-state index in [1.165, 1.54) is 5.57 Å². The molecule has 0 amide bonds. The van der Waals surface area contributed by atoms with Crippen LogP contribution in [0.5, 0.6) is 0 Å². The summed E-state index contributed by atoms with van der Waals surface area (Å²) < 4.78 is 0. The summed E-state index contributed by atoms with van der Waals surface area (Å²) in [7, 11) is 0. The molecular formula is C18H34N2. The van der Waals surface area contributed by atoms with Crippen LogP contribution in [0.25, 0.3) is 0 Å². The third-order valence-electron chi connectivity index (χ3n) is 4.11. The second-order valence-corrected chi connectivity index (χ2v) is 5.99. The first kappa shape index (κ1) is 19.1. The molecule has 0 saturated heterocycles. The van der Waals surface area contributed by atoms with Crippen molar-refractivity contribution in [2.75, 3.05) is 6.54 Å². The molecule has 2 heteroatoms. The summed E-state index contributed by atoms with van der Waals surface area (Å²) in [6.07, 6.45) is 16.5. The molecule has 0 spiro atoms. The Balaban J connectivity index is 4.12. The van der Waals surface area contributed by atoms with E-state index in [0.717, 1.165) is 32.1 Å². The van der Waals surface area contributed by atoms with Crippen LogP contribution in [0.1, 0.15) is 59.8 Å². The van der Waals surface area contributed by atoms with Crippen molar-refractivity contribution in [3.63, 3.8) is 0 Å². The zero-order chi connectivity index (χ0) is 15.4. The maximum absolute atomic E-state index is 6.22. The van der Waals surface area contributed by atoms with E-state index in [1.54, 1.807) is 0 Å². The molecule has 20 heavy (non-hydrogen) atoms. The number of allylic oxidation sites excluding steroid dienone is 5. The van der Waals surface area contributed by atoms with Crippen molar-refractivity contribution in [3.8, 4) is 0 Å². The standard InChI is InChI=1S/C18H34N2/c1-5-6-7-8-9-10-11-12-13-16(2)18(3,4)17(20)14-15-19/h5-6,9-10,13,17H,7-8,11-12,14-15,19-20H2,1-4H3/b6-5+,10-9+,16-13+. The third kappa shape index (κ3) is 7.66. The van der Waals surface area contributed by atoms with Gasteiger partial charge in [-0.3, -0.25) is 0 Å². The molecule has 0 rings (SSSR count). The van der Waals surface area contributed by atoms with Crippen LogP contribution in [-0.2, 0) is 0 Å². The lowest BCUT2D eigenvalue weighted by atomic mass is 9.76. The molecule has 0 saturated carbocycles. The van der Waals surface area contributed by atoms with Crippen LogP contribution in [0, 0.1) is 5.41 Å². The summed E-state index contributed by atoms with van der Waals surface area (Å²) >= 11 is 0. The van der Waals surface area contributed by atoms with E-state index in [2.05, 4.69) is 58.1 Å². The molecule has 0 aromatic carbocycles. The quantitative estimate of drug-likeness (QED) is 0.461. The van der Waals surface area contributed by atoms with Gasteiger partial charge in [0.05, 0.1) is 0 Å². The fourth-order valence-corrected chi connectivity index (χ4v) is 2.09. The Bertz CT molecular complexity index is 324. The highest BCUT2D eigenvalue weighted by molar-refractivity contribution is 5.13. The number of nitrogens with two attached hydrogens (primary N) is 2. The predicted octanol–water partition coefficient (Wildman–Crippen LogP) is 4.33. The van der Waals surface area contributed by atoms with Crippen molar-refractivity contribution in [3.05, 3.63) is 36.0 Å². The molecule has 0 bridgehead atoms. The Hall–Kier alpha value is -0.860. The molecule has 0 radical (unpaired) electrons. The van der Waals surface area contributed by atoms with E-state index in [0.29, 0.717) is 6.54 Å². The van der Waals surface area contributed by atoms with Gasteiger partial charge in [0.1, 0.15) is 0 Å². The van der Waals surface area contributed by atoms with Gasteiger partial charge in [-0.2, -0.15) is 0 Å². The Labute approximate surface area is 126 Å². The van der Waals surface area contributed by atoms with E-state index in [9.17, 15) is 0 Å². The molecule has 0 aromatic rings. The maximum Gasteiger partial charge on any atom is 0.0140 e. The van der Waals surface area contributed by atoms with E-state index in [-0.39, 0.29) is 11.5 Å². The predicted molar refractivity (Wildman–Crippen MR) is 91.6 cm³/mol. The normalized spacial score (nSPS) is 15.4. The lowest BCUT2D eigenvalue weighted by Crippen LogP contribution is -2.39. The molecule has 1 unspecified atom stereocenters. The molecule has 0 fully saturated rings. The van der Waals surface area contributed by atoms with E-state index >= 15 is 0 Å². The highest BCUT2D eigenvalue weighted by Crippen LogP contribution is 2.30. The molecule has 116 valence electrons. The van der Waals surface area contributed by atoms with Gasteiger partial charge in [-0.15, -0.1) is 0 Å². The van der Waals surface area contributed by atoms with Gasteiger partial charge in [0.2, 0.25) is 0 Å². The average Bonchev–Trinajstić information content (AvgIpc) is 2.41. The van der Waals surface area contributed by atoms with E-state index in [4.69, 9.17) is 11.5 Å². The number of hydrogen-bond donors (Lipinski definition) is 2. The highest BCUT2D eigenvalue weighted by Gasteiger charge is 2.27.